The first-order valence-corrected chi connectivity index (χ1v) is 6.07. The lowest BCUT2D eigenvalue weighted by Gasteiger charge is -2.21. The first kappa shape index (κ1) is 14.7. The summed E-state index contributed by atoms with van der Waals surface area (Å²) in [4.78, 5) is 1.89. The molecule has 1 rings (SSSR count). The molecule has 0 unspecified atom stereocenters. The Morgan fingerprint density at radius 1 is 1.56 bits per heavy atom. The van der Waals surface area contributed by atoms with Gasteiger partial charge in [-0.05, 0) is 31.2 Å². The number of rotatable bonds is 6. The van der Waals surface area contributed by atoms with Crippen molar-refractivity contribution in [3.8, 4) is 0 Å². The molecule has 0 spiro atoms. The Morgan fingerprint density at radius 2 is 2.28 bits per heavy atom. The minimum Gasteiger partial charge on any atom is -0.409 e. The van der Waals surface area contributed by atoms with Crippen LogP contribution in [0.5, 0.6) is 0 Å². The van der Waals surface area contributed by atoms with E-state index in [-0.39, 0.29) is 18.2 Å². The van der Waals surface area contributed by atoms with E-state index in [1.54, 1.807) is 6.07 Å². The molecule has 0 aliphatic heterocycles. The lowest BCUT2D eigenvalue weighted by molar-refractivity contribution is 0.283. The Labute approximate surface area is 111 Å². The molecule has 0 bridgehead atoms. The van der Waals surface area contributed by atoms with E-state index in [4.69, 9.17) is 22.5 Å². The molecular formula is C12H17ClFN3O. The second-order valence-corrected chi connectivity index (χ2v) is 4.47. The summed E-state index contributed by atoms with van der Waals surface area (Å²) in [6, 6.07) is 4.44. The predicted molar refractivity (Wildman–Crippen MR) is 70.4 cm³/mol. The SMILES string of the molecule is CCCN(C/C(N)=N/O)Cc1cc(Cl)ccc1F. The van der Waals surface area contributed by atoms with E-state index in [2.05, 4.69) is 5.16 Å². The van der Waals surface area contributed by atoms with Gasteiger partial charge in [0.1, 0.15) is 5.82 Å². The van der Waals surface area contributed by atoms with Crippen molar-refractivity contribution in [1.82, 2.24) is 4.90 Å². The van der Waals surface area contributed by atoms with Crippen molar-refractivity contribution in [3.63, 3.8) is 0 Å². The number of hydrogen-bond acceptors (Lipinski definition) is 3. The quantitative estimate of drug-likeness (QED) is 0.362. The fourth-order valence-electron chi connectivity index (χ4n) is 1.70. The molecule has 1 aromatic rings. The van der Waals surface area contributed by atoms with Crippen LogP contribution in [0.3, 0.4) is 0 Å². The zero-order valence-electron chi connectivity index (χ0n) is 10.2. The van der Waals surface area contributed by atoms with Gasteiger partial charge in [0, 0.05) is 17.1 Å². The topological polar surface area (TPSA) is 61.8 Å². The molecule has 0 aromatic heterocycles. The average molecular weight is 274 g/mol. The van der Waals surface area contributed by atoms with Gasteiger partial charge in [-0.15, -0.1) is 0 Å². The van der Waals surface area contributed by atoms with Crippen LogP contribution in [0.25, 0.3) is 0 Å². The number of oxime groups is 1. The van der Waals surface area contributed by atoms with E-state index in [1.807, 2.05) is 11.8 Å². The Morgan fingerprint density at radius 3 is 2.89 bits per heavy atom. The van der Waals surface area contributed by atoms with Gasteiger partial charge in [-0.25, -0.2) is 4.39 Å². The van der Waals surface area contributed by atoms with Crippen molar-refractivity contribution in [2.45, 2.75) is 19.9 Å². The van der Waals surface area contributed by atoms with E-state index in [1.165, 1.54) is 12.1 Å². The van der Waals surface area contributed by atoms with Gasteiger partial charge in [-0.1, -0.05) is 23.7 Å². The van der Waals surface area contributed by atoms with Gasteiger partial charge in [-0.3, -0.25) is 4.90 Å². The molecule has 0 aliphatic rings. The van der Waals surface area contributed by atoms with Gasteiger partial charge < -0.3 is 10.9 Å². The first-order chi connectivity index (χ1) is 8.56. The Hall–Kier alpha value is -1.33. The second kappa shape index (κ2) is 7.18. The lowest BCUT2D eigenvalue weighted by atomic mass is 10.2. The molecule has 0 aliphatic carbocycles. The van der Waals surface area contributed by atoms with Crippen LogP contribution < -0.4 is 5.73 Å². The van der Waals surface area contributed by atoms with Crippen molar-refractivity contribution < 1.29 is 9.60 Å². The predicted octanol–water partition coefficient (Wildman–Crippen LogP) is 2.44. The molecule has 0 amide bonds. The molecule has 1 aromatic carbocycles. The third-order valence-electron chi connectivity index (χ3n) is 2.46. The van der Waals surface area contributed by atoms with Crippen molar-refractivity contribution in [1.29, 1.82) is 0 Å². The van der Waals surface area contributed by atoms with Crippen LogP contribution in [0.1, 0.15) is 18.9 Å². The number of hydrogen-bond donors (Lipinski definition) is 2. The second-order valence-electron chi connectivity index (χ2n) is 4.04. The van der Waals surface area contributed by atoms with E-state index in [0.29, 0.717) is 17.1 Å². The van der Waals surface area contributed by atoms with E-state index in [0.717, 1.165) is 13.0 Å². The fourth-order valence-corrected chi connectivity index (χ4v) is 1.89. The lowest BCUT2D eigenvalue weighted by Crippen LogP contribution is -2.34. The van der Waals surface area contributed by atoms with Crippen LogP contribution in [0.2, 0.25) is 5.02 Å². The number of nitrogens with two attached hydrogens (primary N) is 1. The summed E-state index contributed by atoms with van der Waals surface area (Å²) in [5.74, 6) is -0.203. The highest BCUT2D eigenvalue weighted by Crippen LogP contribution is 2.16. The fraction of sp³-hybridized carbons (Fsp3) is 0.417. The molecular weight excluding hydrogens is 257 g/mol. The molecule has 0 radical (unpaired) electrons. The third-order valence-corrected chi connectivity index (χ3v) is 2.69. The van der Waals surface area contributed by atoms with Crippen LogP contribution in [0.4, 0.5) is 4.39 Å². The summed E-state index contributed by atoms with van der Waals surface area (Å²) in [5.41, 5.74) is 5.97. The average Bonchev–Trinajstić information content (AvgIpc) is 2.34. The van der Waals surface area contributed by atoms with Crippen LogP contribution in [0, 0.1) is 5.82 Å². The zero-order chi connectivity index (χ0) is 13.5. The maximum Gasteiger partial charge on any atom is 0.153 e. The molecule has 18 heavy (non-hydrogen) atoms. The highest BCUT2D eigenvalue weighted by Gasteiger charge is 2.11. The highest BCUT2D eigenvalue weighted by molar-refractivity contribution is 6.30. The summed E-state index contributed by atoms with van der Waals surface area (Å²) in [7, 11) is 0. The van der Waals surface area contributed by atoms with Crippen molar-refractivity contribution in [3.05, 3.63) is 34.6 Å². The van der Waals surface area contributed by atoms with Gasteiger partial charge >= 0.3 is 0 Å². The summed E-state index contributed by atoms with van der Waals surface area (Å²) < 4.78 is 13.6. The van der Waals surface area contributed by atoms with Crippen molar-refractivity contribution in [2.24, 2.45) is 10.9 Å². The third kappa shape index (κ3) is 4.50. The van der Waals surface area contributed by atoms with Crippen molar-refractivity contribution in [2.75, 3.05) is 13.1 Å². The number of nitrogens with zero attached hydrogens (tertiary/aromatic N) is 2. The molecule has 4 nitrogen and oxygen atoms in total. The summed E-state index contributed by atoms with van der Waals surface area (Å²) in [6.45, 7) is 3.39. The minimum atomic E-state index is -0.306. The van der Waals surface area contributed by atoms with E-state index < -0.39 is 0 Å². The summed E-state index contributed by atoms with van der Waals surface area (Å²) in [6.07, 6.45) is 0.890. The number of amidine groups is 1. The van der Waals surface area contributed by atoms with Gasteiger partial charge in [-0.2, -0.15) is 0 Å². The van der Waals surface area contributed by atoms with E-state index >= 15 is 0 Å². The Bertz CT molecular complexity index is 426. The van der Waals surface area contributed by atoms with Crippen LogP contribution in [-0.2, 0) is 6.54 Å². The van der Waals surface area contributed by atoms with Crippen LogP contribution in [0.15, 0.2) is 23.4 Å². The van der Waals surface area contributed by atoms with Gasteiger partial charge in [0.25, 0.3) is 0 Å². The van der Waals surface area contributed by atoms with E-state index in [9.17, 15) is 4.39 Å². The highest BCUT2D eigenvalue weighted by atomic mass is 35.5. The summed E-state index contributed by atoms with van der Waals surface area (Å²) >= 11 is 5.84. The largest absolute Gasteiger partial charge is 0.409 e. The molecule has 0 heterocycles. The molecule has 100 valence electrons. The Balaban J connectivity index is 2.79. The Kier molecular flexibility index (Phi) is 5.88. The smallest absolute Gasteiger partial charge is 0.153 e. The van der Waals surface area contributed by atoms with Crippen LogP contribution in [-0.4, -0.2) is 29.0 Å². The van der Waals surface area contributed by atoms with Crippen LogP contribution >= 0.6 is 11.6 Å². The number of halogens is 2. The summed E-state index contributed by atoms with van der Waals surface area (Å²) in [5, 5.41) is 12.0. The standard InChI is InChI=1S/C12H17ClFN3O/c1-2-5-17(8-12(15)16-18)7-9-6-10(13)3-4-11(9)14/h3-4,6,18H,2,5,7-8H2,1H3,(H2,15,16). The number of benzene rings is 1. The monoisotopic (exact) mass is 273 g/mol. The first-order valence-electron chi connectivity index (χ1n) is 5.69. The van der Waals surface area contributed by atoms with Crippen molar-refractivity contribution >= 4 is 17.4 Å². The van der Waals surface area contributed by atoms with Gasteiger partial charge in [0.2, 0.25) is 0 Å². The minimum absolute atomic E-state index is 0.103. The molecule has 6 heteroatoms. The molecule has 0 atom stereocenters. The molecule has 0 saturated carbocycles. The normalized spacial score (nSPS) is 12.1. The maximum atomic E-state index is 13.6. The van der Waals surface area contributed by atoms with Gasteiger partial charge in [0.05, 0.1) is 6.54 Å². The molecule has 0 saturated heterocycles. The zero-order valence-corrected chi connectivity index (χ0v) is 11.0. The molecule has 0 fully saturated rings. The molecule has 3 N–H and O–H groups in total. The maximum absolute atomic E-state index is 13.6. The van der Waals surface area contributed by atoms with Gasteiger partial charge in [0.15, 0.2) is 5.84 Å².